The zero-order valence-corrected chi connectivity index (χ0v) is 55.0. The average Bonchev–Trinajstić information content (AvgIpc) is 3.42. The highest BCUT2D eigenvalue weighted by Crippen LogP contribution is 2.43. The molecule has 0 aliphatic carbocycles. The third-order valence-electron chi connectivity index (χ3n) is 15.8. The summed E-state index contributed by atoms with van der Waals surface area (Å²) in [7, 11) is 1.50. The Balaban J connectivity index is 4.98. The van der Waals surface area contributed by atoms with Crippen molar-refractivity contribution in [3.8, 4) is 0 Å². The van der Waals surface area contributed by atoms with Crippen LogP contribution in [0.15, 0.2) is 36.5 Å². The van der Waals surface area contributed by atoms with Gasteiger partial charge in [-0.05, 0) is 57.4 Å². The van der Waals surface area contributed by atoms with E-state index in [0.29, 0.717) is 23.9 Å². The number of hydrogen-bond acceptors (Lipinski definition) is 6. The van der Waals surface area contributed by atoms with Gasteiger partial charge in [0.1, 0.15) is 19.3 Å². The standard InChI is InChI=1S/C70H135N2O7P/c1-7-10-13-16-19-22-25-28-30-31-32-33-34-35-36-37-38-39-40-41-42-45-48-51-54-57-60-63-70(74)79-68(61-58-55-52-49-46-43-27-24-21-18-15-12-9-3)67(66-78-80(75,76)77-65-64-72(4,5)6)71-69(73)62-59-56-53-50-47-44-29-26-23-20-17-14-11-8-2/h11,14,20,23,58,61,67-68H,7-10,12-13,15-19,21-22,24-57,59-60,62-66H2,1-6H3,(H-,71,73,75,76)/p+1/b14-11+,23-20+,61-58-. The van der Waals surface area contributed by atoms with Crippen molar-refractivity contribution in [2.75, 3.05) is 40.9 Å². The Kier molecular flexibility index (Phi) is 59.0. The summed E-state index contributed by atoms with van der Waals surface area (Å²) in [4.78, 5) is 37.8. The van der Waals surface area contributed by atoms with E-state index in [4.69, 9.17) is 13.8 Å². The average molecular weight is 1150 g/mol. The van der Waals surface area contributed by atoms with Gasteiger partial charge in [-0.25, -0.2) is 4.57 Å². The smallest absolute Gasteiger partial charge is 0.456 e. The van der Waals surface area contributed by atoms with Crippen molar-refractivity contribution in [3.05, 3.63) is 36.5 Å². The van der Waals surface area contributed by atoms with Crippen molar-refractivity contribution in [1.82, 2.24) is 5.32 Å². The summed E-state index contributed by atoms with van der Waals surface area (Å²) in [6.07, 6.45) is 74.5. The van der Waals surface area contributed by atoms with E-state index in [9.17, 15) is 19.0 Å². The van der Waals surface area contributed by atoms with E-state index in [1.54, 1.807) is 0 Å². The molecule has 0 saturated carbocycles. The van der Waals surface area contributed by atoms with Gasteiger partial charge in [-0.15, -0.1) is 0 Å². The van der Waals surface area contributed by atoms with Gasteiger partial charge in [0.15, 0.2) is 0 Å². The molecule has 2 N–H and O–H groups in total. The number of hydrogen-bond donors (Lipinski definition) is 2. The number of nitrogens with one attached hydrogen (secondary N) is 1. The lowest BCUT2D eigenvalue weighted by molar-refractivity contribution is -0.870. The highest BCUT2D eigenvalue weighted by Gasteiger charge is 2.30. The molecule has 0 rings (SSSR count). The number of esters is 1. The van der Waals surface area contributed by atoms with Gasteiger partial charge in [-0.2, -0.15) is 0 Å². The number of unbranched alkanes of at least 4 members (excludes halogenated alkanes) is 44. The second-order valence-electron chi connectivity index (χ2n) is 25.0. The van der Waals surface area contributed by atoms with Crippen molar-refractivity contribution in [2.45, 2.75) is 360 Å². The first kappa shape index (κ1) is 78.2. The van der Waals surface area contributed by atoms with Crippen LogP contribution in [0.5, 0.6) is 0 Å². The van der Waals surface area contributed by atoms with Gasteiger partial charge in [0.25, 0.3) is 0 Å². The molecule has 0 saturated heterocycles. The van der Waals surface area contributed by atoms with Gasteiger partial charge in [0, 0.05) is 12.8 Å². The van der Waals surface area contributed by atoms with Crippen LogP contribution in [0.3, 0.4) is 0 Å². The van der Waals surface area contributed by atoms with Gasteiger partial charge < -0.3 is 19.4 Å². The molecule has 1 amide bonds. The number of carbonyl (C=O) groups is 2. The second kappa shape index (κ2) is 60.4. The first-order valence-electron chi connectivity index (χ1n) is 34.8. The summed E-state index contributed by atoms with van der Waals surface area (Å²) in [5.41, 5.74) is 0. The molecule has 0 spiro atoms. The lowest BCUT2D eigenvalue weighted by Crippen LogP contribution is -2.47. The summed E-state index contributed by atoms with van der Waals surface area (Å²) >= 11 is 0. The van der Waals surface area contributed by atoms with Gasteiger partial charge in [-0.1, -0.05) is 314 Å². The predicted octanol–water partition coefficient (Wildman–Crippen LogP) is 21.8. The number of phosphoric ester groups is 1. The Morgan fingerprint density at radius 3 is 1.19 bits per heavy atom. The summed E-state index contributed by atoms with van der Waals surface area (Å²) in [6.45, 7) is 6.95. The topological polar surface area (TPSA) is 111 Å². The van der Waals surface area contributed by atoms with Crippen LogP contribution in [-0.2, 0) is 27.9 Å². The molecule has 0 radical (unpaired) electrons. The van der Waals surface area contributed by atoms with E-state index in [1.807, 2.05) is 33.3 Å². The van der Waals surface area contributed by atoms with Crippen LogP contribution in [-0.4, -0.2) is 74.3 Å². The highest BCUT2D eigenvalue weighted by atomic mass is 31.2. The third-order valence-corrected chi connectivity index (χ3v) is 16.8. The fourth-order valence-corrected chi connectivity index (χ4v) is 11.2. The molecule has 80 heavy (non-hydrogen) atoms. The number of likely N-dealkylation sites (N-methyl/N-ethyl adjacent to an activating group) is 1. The lowest BCUT2D eigenvalue weighted by Gasteiger charge is -2.27. The molecule has 10 heteroatoms. The van der Waals surface area contributed by atoms with Crippen molar-refractivity contribution in [2.24, 2.45) is 0 Å². The highest BCUT2D eigenvalue weighted by molar-refractivity contribution is 7.47. The van der Waals surface area contributed by atoms with Crippen molar-refractivity contribution in [1.29, 1.82) is 0 Å². The number of allylic oxidation sites excluding steroid dienone is 5. The molecule has 0 aromatic carbocycles. The van der Waals surface area contributed by atoms with Crippen LogP contribution in [0, 0.1) is 0 Å². The quantitative estimate of drug-likeness (QED) is 0.0205. The van der Waals surface area contributed by atoms with Crippen molar-refractivity contribution in [3.63, 3.8) is 0 Å². The molecular weight excluding hydrogens is 1010 g/mol. The van der Waals surface area contributed by atoms with E-state index < -0.39 is 20.0 Å². The monoisotopic (exact) mass is 1150 g/mol. The number of phosphoric acid groups is 1. The SMILES string of the molecule is CC/C=C/C/C=C/CCCCCCCCCC(=O)NC(COP(=O)(O)OCC[N+](C)(C)C)C(/C=C\CCCCCCCCCCCCC)OC(=O)CCCCCCCCCCCCCCCCCCCCCCCCCCCCC. The maximum atomic E-state index is 13.6. The number of carbonyl (C=O) groups excluding carboxylic acids is 2. The Labute approximate surface area is 497 Å². The first-order valence-corrected chi connectivity index (χ1v) is 36.3. The molecule has 3 unspecified atom stereocenters. The zero-order chi connectivity index (χ0) is 58.6. The van der Waals surface area contributed by atoms with Crippen LogP contribution in [0.25, 0.3) is 0 Å². The predicted molar refractivity (Wildman–Crippen MR) is 346 cm³/mol. The van der Waals surface area contributed by atoms with Gasteiger partial charge in [-0.3, -0.25) is 18.6 Å². The normalized spacial score (nSPS) is 13.7. The molecule has 0 aromatic rings. The minimum Gasteiger partial charge on any atom is -0.456 e. The molecule has 0 fully saturated rings. The Bertz CT molecular complexity index is 1460. The summed E-state index contributed by atoms with van der Waals surface area (Å²) in [5, 5.41) is 3.06. The molecule has 472 valence electrons. The maximum absolute atomic E-state index is 13.6. The Morgan fingerprint density at radius 2 is 0.800 bits per heavy atom. The molecular formula is C70H136N2O7P+. The van der Waals surface area contributed by atoms with E-state index >= 15 is 0 Å². The molecule has 9 nitrogen and oxygen atoms in total. The van der Waals surface area contributed by atoms with Gasteiger partial charge in [0.05, 0.1) is 33.8 Å². The Morgan fingerprint density at radius 1 is 0.450 bits per heavy atom. The molecule has 0 heterocycles. The van der Waals surface area contributed by atoms with Gasteiger partial charge in [0.2, 0.25) is 5.91 Å². The summed E-state index contributed by atoms with van der Waals surface area (Å²) in [5.74, 6) is -0.497. The minimum atomic E-state index is -4.45. The zero-order valence-electron chi connectivity index (χ0n) is 54.1. The van der Waals surface area contributed by atoms with Crippen LogP contribution in [0.1, 0.15) is 348 Å². The van der Waals surface area contributed by atoms with Gasteiger partial charge >= 0.3 is 13.8 Å². The number of rotatable bonds is 64. The first-order chi connectivity index (χ1) is 38.9. The number of quaternary nitrogens is 1. The number of nitrogens with zero attached hydrogens (tertiary/aromatic N) is 1. The fraction of sp³-hybridized carbons (Fsp3) is 0.886. The number of ether oxygens (including phenoxy) is 1. The number of amides is 1. The van der Waals surface area contributed by atoms with E-state index in [-0.39, 0.29) is 25.1 Å². The summed E-state index contributed by atoms with van der Waals surface area (Å²) in [6, 6.07) is -0.849. The minimum absolute atomic E-state index is 0.0409. The maximum Gasteiger partial charge on any atom is 0.472 e. The van der Waals surface area contributed by atoms with Crippen LogP contribution in [0.4, 0.5) is 0 Å². The lowest BCUT2D eigenvalue weighted by atomic mass is 10.0. The molecule has 0 bridgehead atoms. The fourth-order valence-electron chi connectivity index (χ4n) is 10.5. The molecule has 0 aliphatic heterocycles. The van der Waals surface area contributed by atoms with E-state index in [2.05, 4.69) is 50.4 Å². The van der Waals surface area contributed by atoms with Crippen molar-refractivity contribution < 1.29 is 37.3 Å². The second-order valence-corrected chi connectivity index (χ2v) is 26.5. The van der Waals surface area contributed by atoms with E-state index in [1.165, 1.54) is 231 Å². The largest absolute Gasteiger partial charge is 0.472 e. The Hall–Kier alpha value is -1.77. The van der Waals surface area contributed by atoms with Crippen LogP contribution in [0.2, 0.25) is 0 Å². The molecule has 0 aromatic heterocycles. The third kappa shape index (κ3) is 60.8. The van der Waals surface area contributed by atoms with Crippen LogP contribution >= 0.6 is 7.82 Å². The molecule has 0 aliphatic rings. The van der Waals surface area contributed by atoms with E-state index in [0.717, 1.165) is 83.5 Å². The summed E-state index contributed by atoms with van der Waals surface area (Å²) < 4.78 is 30.8. The molecule has 3 atom stereocenters. The van der Waals surface area contributed by atoms with Crippen LogP contribution < -0.4 is 5.32 Å². The van der Waals surface area contributed by atoms with Crippen molar-refractivity contribution >= 4 is 19.7 Å².